The number of carboxylic acid groups (broad SMARTS) is 1. The number of nitrogens with two attached hydrogens (primary N) is 2. The fraction of sp³-hybridized carbons (Fsp3) is 0.292. The monoisotopic (exact) mass is 601 g/mol. The highest BCUT2D eigenvalue weighted by Crippen LogP contribution is 2.40. The smallest absolute Gasteiger partial charge is 0.416 e. The van der Waals surface area contributed by atoms with Crippen LogP contribution in [0, 0.1) is 5.95 Å². The average Bonchev–Trinajstić information content (AvgIpc) is 3.19. The minimum absolute atomic E-state index is 0.0165. The van der Waals surface area contributed by atoms with E-state index in [0.717, 1.165) is 18.2 Å². The van der Waals surface area contributed by atoms with Crippen molar-refractivity contribution in [1.82, 2.24) is 15.1 Å². The Morgan fingerprint density at radius 2 is 1.90 bits per heavy atom. The number of amides is 2. The van der Waals surface area contributed by atoms with Gasteiger partial charge in [-0.2, -0.15) is 17.6 Å². The summed E-state index contributed by atoms with van der Waals surface area (Å²) < 4.78 is 70.1. The number of aliphatic imine (C=N–C) groups is 1. The van der Waals surface area contributed by atoms with Gasteiger partial charge in [-0.1, -0.05) is 11.6 Å². The van der Waals surface area contributed by atoms with Crippen molar-refractivity contribution in [3.8, 4) is 0 Å². The quantitative estimate of drug-likeness (QED) is 0.246. The number of benzene rings is 2. The van der Waals surface area contributed by atoms with Gasteiger partial charge in [0.05, 0.1) is 41.7 Å². The molecule has 2 amide bonds. The third-order valence-electron chi connectivity index (χ3n) is 6.25. The van der Waals surface area contributed by atoms with Gasteiger partial charge in [0.2, 0.25) is 17.8 Å². The van der Waals surface area contributed by atoms with Gasteiger partial charge in [-0.25, -0.2) is 14.1 Å². The van der Waals surface area contributed by atoms with E-state index >= 15 is 4.39 Å². The number of aliphatic carboxylic acids is 1. The summed E-state index contributed by atoms with van der Waals surface area (Å²) in [7, 11) is 0. The molecule has 17 heteroatoms. The molecule has 218 valence electrons. The predicted octanol–water partition coefficient (Wildman–Crippen LogP) is 2.94. The minimum atomic E-state index is -4.88. The van der Waals surface area contributed by atoms with Gasteiger partial charge >= 0.3 is 12.1 Å². The summed E-state index contributed by atoms with van der Waals surface area (Å²) in [5.74, 6) is -6.64. The van der Waals surface area contributed by atoms with Gasteiger partial charge in [0.25, 0.3) is 0 Å². The van der Waals surface area contributed by atoms with E-state index in [1.165, 1.54) is 0 Å². The molecule has 4 rings (SSSR count). The van der Waals surface area contributed by atoms with Gasteiger partial charge in [0.15, 0.2) is 5.96 Å². The van der Waals surface area contributed by atoms with Crippen LogP contribution in [0.4, 0.5) is 27.6 Å². The molecule has 3 aromatic rings. The molecule has 2 aromatic carbocycles. The Morgan fingerprint density at radius 3 is 2.46 bits per heavy atom. The fourth-order valence-corrected chi connectivity index (χ4v) is 4.73. The maximum Gasteiger partial charge on any atom is 0.416 e. The molecule has 0 fully saturated rings. The lowest BCUT2D eigenvalue weighted by atomic mass is 9.87. The van der Waals surface area contributed by atoms with E-state index in [1.807, 2.05) is 0 Å². The highest BCUT2D eigenvalue weighted by molar-refractivity contribution is 6.30. The van der Waals surface area contributed by atoms with E-state index < -0.39 is 65.0 Å². The van der Waals surface area contributed by atoms with Crippen LogP contribution in [0.3, 0.4) is 0 Å². The summed E-state index contributed by atoms with van der Waals surface area (Å²) in [6, 6.07) is 2.55. The number of rotatable bonds is 8. The topological polar surface area (TPSA) is 178 Å². The van der Waals surface area contributed by atoms with E-state index in [2.05, 4.69) is 20.7 Å². The highest BCUT2D eigenvalue weighted by Gasteiger charge is 2.37. The van der Waals surface area contributed by atoms with E-state index in [4.69, 9.17) is 23.1 Å². The molecule has 1 aliphatic heterocycles. The molecule has 0 aliphatic carbocycles. The van der Waals surface area contributed by atoms with Crippen molar-refractivity contribution in [2.75, 3.05) is 18.4 Å². The molecule has 3 atom stereocenters. The van der Waals surface area contributed by atoms with Gasteiger partial charge in [-0.15, -0.1) is 5.10 Å². The first-order chi connectivity index (χ1) is 19.1. The van der Waals surface area contributed by atoms with Gasteiger partial charge in [-0.05, 0) is 35.9 Å². The van der Waals surface area contributed by atoms with Crippen LogP contribution in [0.1, 0.15) is 39.9 Å². The molecular formula is C24H21ClF5N7O4. The second-order valence-electron chi connectivity index (χ2n) is 9.13. The first-order valence-corrected chi connectivity index (χ1v) is 12.1. The summed E-state index contributed by atoms with van der Waals surface area (Å²) >= 11 is 5.90. The average molecular weight is 602 g/mol. The van der Waals surface area contributed by atoms with Crippen molar-refractivity contribution in [2.45, 2.75) is 30.7 Å². The number of carbonyl (C=O) groups is 3. The summed E-state index contributed by atoms with van der Waals surface area (Å²) in [6.07, 6.45) is -7.10. The van der Waals surface area contributed by atoms with Gasteiger partial charge in [0, 0.05) is 16.5 Å². The number of primary amides is 2. The number of aromatic nitrogens is 2. The van der Waals surface area contributed by atoms with Crippen LogP contribution < -0.4 is 22.1 Å². The third kappa shape index (κ3) is 6.32. The lowest BCUT2D eigenvalue weighted by Gasteiger charge is -2.26. The zero-order valence-corrected chi connectivity index (χ0v) is 21.4. The molecule has 2 unspecified atom stereocenters. The summed E-state index contributed by atoms with van der Waals surface area (Å²) in [6.45, 7) is -0.331. The summed E-state index contributed by atoms with van der Waals surface area (Å²) in [5.41, 5.74) is 8.83. The van der Waals surface area contributed by atoms with Crippen molar-refractivity contribution in [3.05, 3.63) is 58.0 Å². The van der Waals surface area contributed by atoms with Gasteiger partial charge < -0.3 is 27.2 Å². The molecule has 0 saturated heterocycles. The van der Waals surface area contributed by atoms with E-state index in [9.17, 15) is 37.1 Å². The van der Waals surface area contributed by atoms with Crippen LogP contribution in [0.5, 0.6) is 0 Å². The Bertz CT molecular complexity index is 1580. The molecule has 1 aliphatic rings. The number of fused-ring (bicyclic) bond motifs is 1. The maximum absolute atomic E-state index is 15.4. The van der Waals surface area contributed by atoms with E-state index in [-0.39, 0.29) is 46.8 Å². The van der Waals surface area contributed by atoms with Crippen molar-refractivity contribution in [1.29, 1.82) is 0 Å². The van der Waals surface area contributed by atoms with Crippen LogP contribution in [-0.4, -0.2) is 57.9 Å². The number of hydrogen-bond donors (Lipinski definition) is 5. The van der Waals surface area contributed by atoms with Crippen LogP contribution in [0.15, 0.2) is 35.3 Å². The molecule has 0 saturated carbocycles. The lowest BCUT2D eigenvalue weighted by molar-refractivity contribution is -0.138. The summed E-state index contributed by atoms with van der Waals surface area (Å²) in [4.78, 5) is 40.6. The Balaban J connectivity index is 1.94. The van der Waals surface area contributed by atoms with E-state index in [1.54, 1.807) is 0 Å². The number of anilines is 1. The number of carboxylic acids is 1. The molecule has 41 heavy (non-hydrogen) atoms. The molecule has 2 heterocycles. The first-order valence-electron chi connectivity index (χ1n) is 11.8. The zero-order chi connectivity index (χ0) is 30.2. The number of guanidine groups is 1. The Morgan fingerprint density at radius 1 is 1.20 bits per heavy atom. The van der Waals surface area contributed by atoms with Crippen LogP contribution in [-0.2, 0) is 15.8 Å². The molecular weight excluding hydrogens is 581 g/mol. The van der Waals surface area contributed by atoms with E-state index in [0.29, 0.717) is 16.8 Å². The van der Waals surface area contributed by atoms with Crippen molar-refractivity contribution in [3.63, 3.8) is 0 Å². The summed E-state index contributed by atoms with van der Waals surface area (Å²) in [5, 5.41) is 17.9. The van der Waals surface area contributed by atoms with Crippen molar-refractivity contribution >= 4 is 51.9 Å². The second kappa shape index (κ2) is 11.2. The zero-order valence-electron chi connectivity index (χ0n) is 20.7. The maximum atomic E-state index is 15.4. The molecule has 7 N–H and O–H groups in total. The van der Waals surface area contributed by atoms with Gasteiger partial charge in [0.1, 0.15) is 12.2 Å². The number of nitrogens with zero attached hydrogens (tertiary/aromatic N) is 3. The molecule has 1 aromatic heterocycles. The Kier molecular flexibility index (Phi) is 8.05. The van der Waals surface area contributed by atoms with Crippen LogP contribution in [0.2, 0.25) is 5.02 Å². The normalized spacial score (nSPS) is 16.9. The van der Waals surface area contributed by atoms with Gasteiger partial charge in [-0.3, -0.25) is 14.4 Å². The number of carbonyl (C=O) groups excluding carboxylic acids is 2. The largest absolute Gasteiger partial charge is 0.481 e. The molecule has 0 spiro atoms. The van der Waals surface area contributed by atoms with Crippen LogP contribution >= 0.6 is 11.6 Å². The number of nitrogens with one attached hydrogen (secondary N) is 2. The lowest BCUT2D eigenvalue weighted by Crippen LogP contribution is -2.41. The number of halogens is 6. The minimum Gasteiger partial charge on any atom is -0.481 e. The highest BCUT2D eigenvalue weighted by atomic mass is 35.5. The SMILES string of the molecule is NC(=O)c1cc(NC2=NCC(F)CN2)c2c(F)nn(C(C(N)=O)[C@@H](CC(=O)O)c3cc(Cl)cc(C(F)(F)F)c3)c2c1. The Labute approximate surface area is 232 Å². The van der Waals surface area contributed by atoms with Crippen LogP contribution in [0.25, 0.3) is 10.9 Å². The molecule has 11 nitrogen and oxygen atoms in total. The molecule has 0 bridgehead atoms. The first kappa shape index (κ1) is 29.5. The fourth-order valence-electron chi connectivity index (χ4n) is 4.48. The predicted molar refractivity (Wildman–Crippen MR) is 137 cm³/mol. The molecule has 0 radical (unpaired) electrons. The van der Waals surface area contributed by atoms with Crippen molar-refractivity contribution < 1.29 is 41.4 Å². The second-order valence-corrected chi connectivity index (χ2v) is 9.57. The third-order valence-corrected chi connectivity index (χ3v) is 6.47. The Hall–Kier alpha value is -4.47. The standard InChI is InChI=1S/C24H21ClF5N7O4/c25-12-2-9(1-11(5-12)24(28,29)30)14(6-17(38)39)19(22(32)41)37-16-4-10(21(31)40)3-15(18(16)20(27)36-37)35-23-33-7-13(26)8-34-23/h1-5,13-14,19H,6-8H2,(H2,31,40)(H2,32,41)(H,38,39)(H2,33,34,35)/t14-,19?/m0/s1. The number of hydrogen-bond acceptors (Lipinski definition) is 7. The number of alkyl halides is 4. The van der Waals surface area contributed by atoms with Crippen molar-refractivity contribution in [2.24, 2.45) is 16.5 Å².